The summed E-state index contributed by atoms with van der Waals surface area (Å²) in [6.07, 6.45) is 0. The normalized spacial score (nSPS) is 11.2. The Hall–Kier alpha value is -3.32. The van der Waals surface area contributed by atoms with Gasteiger partial charge in [0.05, 0.1) is 5.75 Å². The fraction of sp³-hybridized carbons (Fsp3) is 0.269. The Balaban J connectivity index is 1.43. The minimum atomic E-state index is -0.0807. The Morgan fingerprint density at radius 3 is 2.67 bits per heavy atom. The molecule has 170 valence electrons. The monoisotopic (exact) mass is 460 g/mol. The fourth-order valence-electron chi connectivity index (χ4n) is 3.68. The smallest absolute Gasteiger partial charge is 0.234 e. The maximum Gasteiger partial charge on any atom is 0.234 e. The van der Waals surface area contributed by atoms with Crippen LogP contribution >= 0.6 is 11.8 Å². The number of ether oxygens (including phenoxy) is 1. The Labute approximate surface area is 198 Å². The summed E-state index contributed by atoms with van der Waals surface area (Å²) in [5, 5.41) is 14.5. The SMILES string of the molecule is Cc1ccc(C)c(OCc2nnc(SCC(=O)Nc3cccc4ccccc34)n2C(C)C)c1. The minimum absolute atomic E-state index is 0.0807. The van der Waals surface area contributed by atoms with Gasteiger partial charge in [-0.2, -0.15) is 0 Å². The highest BCUT2D eigenvalue weighted by atomic mass is 32.2. The molecular weight excluding hydrogens is 432 g/mol. The summed E-state index contributed by atoms with van der Waals surface area (Å²) in [5.74, 6) is 1.74. The molecule has 0 saturated carbocycles. The molecule has 1 N–H and O–H groups in total. The molecule has 33 heavy (non-hydrogen) atoms. The van der Waals surface area contributed by atoms with Crippen molar-refractivity contribution in [2.24, 2.45) is 0 Å². The number of carbonyl (C=O) groups is 1. The van der Waals surface area contributed by atoms with Crippen LogP contribution in [0.3, 0.4) is 0 Å². The van der Waals surface area contributed by atoms with Gasteiger partial charge in [0, 0.05) is 17.1 Å². The van der Waals surface area contributed by atoms with Crippen molar-refractivity contribution in [2.45, 2.75) is 45.5 Å². The van der Waals surface area contributed by atoms with Crippen molar-refractivity contribution in [3.63, 3.8) is 0 Å². The van der Waals surface area contributed by atoms with Crippen LogP contribution in [-0.4, -0.2) is 26.4 Å². The predicted molar refractivity (Wildman–Crippen MR) is 134 cm³/mol. The molecule has 7 heteroatoms. The van der Waals surface area contributed by atoms with E-state index in [9.17, 15) is 4.79 Å². The van der Waals surface area contributed by atoms with E-state index in [4.69, 9.17) is 4.74 Å². The van der Waals surface area contributed by atoms with Crippen LogP contribution in [0.1, 0.15) is 36.8 Å². The second kappa shape index (κ2) is 10.1. The summed E-state index contributed by atoms with van der Waals surface area (Å²) in [6, 6.07) is 20.2. The van der Waals surface area contributed by atoms with Crippen LogP contribution in [-0.2, 0) is 11.4 Å². The summed E-state index contributed by atoms with van der Waals surface area (Å²) in [4.78, 5) is 12.7. The molecule has 1 heterocycles. The molecular formula is C26H28N4O2S. The van der Waals surface area contributed by atoms with E-state index in [0.717, 1.165) is 39.2 Å². The van der Waals surface area contributed by atoms with E-state index in [1.165, 1.54) is 11.8 Å². The molecule has 3 aromatic carbocycles. The molecule has 0 aliphatic rings. The zero-order valence-corrected chi connectivity index (χ0v) is 20.1. The number of hydrogen-bond acceptors (Lipinski definition) is 5. The first-order chi connectivity index (χ1) is 15.9. The lowest BCUT2D eigenvalue weighted by molar-refractivity contribution is -0.113. The van der Waals surface area contributed by atoms with Crippen LogP contribution in [0, 0.1) is 13.8 Å². The number of aryl methyl sites for hydroxylation is 2. The lowest BCUT2D eigenvalue weighted by Gasteiger charge is -2.15. The molecule has 0 fully saturated rings. The van der Waals surface area contributed by atoms with Gasteiger partial charge in [0.2, 0.25) is 5.91 Å². The van der Waals surface area contributed by atoms with Gasteiger partial charge < -0.3 is 14.6 Å². The molecule has 0 aliphatic carbocycles. The van der Waals surface area contributed by atoms with Crippen molar-refractivity contribution in [1.82, 2.24) is 14.8 Å². The van der Waals surface area contributed by atoms with Crippen LogP contribution in [0.15, 0.2) is 65.8 Å². The Kier molecular flexibility index (Phi) is 6.99. The van der Waals surface area contributed by atoms with E-state index >= 15 is 0 Å². The van der Waals surface area contributed by atoms with Crippen LogP contribution in [0.25, 0.3) is 10.8 Å². The van der Waals surface area contributed by atoms with E-state index in [1.807, 2.05) is 73.0 Å². The highest BCUT2D eigenvalue weighted by Gasteiger charge is 2.18. The highest BCUT2D eigenvalue weighted by Crippen LogP contribution is 2.26. The quantitative estimate of drug-likeness (QED) is 0.330. The lowest BCUT2D eigenvalue weighted by Crippen LogP contribution is -2.15. The van der Waals surface area contributed by atoms with E-state index in [0.29, 0.717) is 11.8 Å². The number of anilines is 1. The van der Waals surface area contributed by atoms with Gasteiger partial charge in [-0.15, -0.1) is 10.2 Å². The van der Waals surface area contributed by atoms with E-state index in [2.05, 4.69) is 35.4 Å². The highest BCUT2D eigenvalue weighted by molar-refractivity contribution is 7.99. The van der Waals surface area contributed by atoms with Gasteiger partial charge in [-0.05, 0) is 56.3 Å². The second-order valence-corrected chi connectivity index (χ2v) is 9.23. The van der Waals surface area contributed by atoms with Gasteiger partial charge in [0.25, 0.3) is 0 Å². The standard InChI is InChI=1S/C26H28N4O2S/c1-17(2)30-24(15-32-23-14-18(3)12-13-19(23)4)28-29-26(30)33-16-25(31)27-22-11-7-9-20-8-5-6-10-21(20)22/h5-14,17H,15-16H2,1-4H3,(H,27,31). The van der Waals surface area contributed by atoms with Crippen LogP contribution in [0.4, 0.5) is 5.69 Å². The van der Waals surface area contributed by atoms with E-state index < -0.39 is 0 Å². The van der Waals surface area contributed by atoms with Crippen molar-refractivity contribution in [1.29, 1.82) is 0 Å². The van der Waals surface area contributed by atoms with Gasteiger partial charge in [-0.1, -0.05) is 60.3 Å². The molecule has 6 nitrogen and oxygen atoms in total. The molecule has 1 amide bonds. The number of amides is 1. The first-order valence-electron chi connectivity index (χ1n) is 11.0. The average molecular weight is 461 g/mol. The van der Waals surface area contributed by atoms with Crippen LogP contribution in [0.2, 0.25) is 0 Å². The maximum absolute atomic E-state index is 12.7. The topological polar surface area (TPSA) is 69.0 Å². The van der Waals surface area contributed by atoms with Gasteiger partial charge in [-0.3, -0.25) is 4.79 Å². The molecule has 0 unspecified atom stereocenters. The summed E-state index contributed by atoms with van der Waals surface area (Å²) in [6.45, 7) is 8.53. The number of rotatable bonds is 8. The largest absolute Gasteiger partial charge is 0.485 e. The first-order valence-corrected chi connectivity index (χ1v) is 11.9. The third kappa shape index (κ3) is 5.37. The number of carbonyl (C=O) groups excluding carboxylic acids is 1. The number of fused-ring (bicyclic) bond motifs is 1. The van der Waals surface area contributed by atoms with Crippen molar-refractivity contribution in [3.8, 4) is 5.75 Å². The minimum Gasteiger partial charge on any atom is -0.485 e. The Bertz CT molecular complexity index is 1280. The summed E-state index contributed by atoms with van der Waals surface area (Å²) in [5.41, 5.74) is 3.04. The zero-order chi connectivity index (χ0) is 23.4. The predicted octanol–water partition coefficient (Wildman–Crippen LogP) is 5.94. The number of benzene rings is 3. The molecule has 0 bridgehead atoms. The van der Waals surface area contributed by atoms with Gasteiger partial charge in [0.15, 0.2) is 11.0 Å². The molecule has 0 saturated heterocycles. The van der Waals surface area contributed by atoms with Crippen molar-refractivity contribution in [3.05, 3.63) is 77.6 Å². The third-order valence-corrected chi connectivity index (χ3v) is 6.29. The summed E-state index contributed by atoms with van der Waals surface area (Å²) < 4.78 is 8.07. The van der Waals surface area contributed by atoms with Gasteiger partial charge in [0.1, 0.15) is 12.4 Å². The molecule has 4 aromatic rings. The van der Waals surface area contributed by atoms with Gasteiger partial charge >= 0.3 is 0 Å². The first kappa shape index (κ1) is 22.9. The molecule has 0 radical (unpaired) electrons. The summed E-state index contributed by atoms with van der Waals surface area (Å²) in [7, 11) is 0. The third-order valence-electron chi connectivity index (χ3n) is 5.35. The molecule has 0 atom stereocenters. The molecule has 0 spiro atoms. The number of hydrogen-bond donors (Lipinski definition) is 1. The number of aromatic nitrogens is 3. The molecule has 4 rings (SSSR count). The Morgan fingerprint density at radius 2 is 1.85 bits per heavy atom. The number of nitrogens with zero attached hydrogens (tertiary/aromatic N) is 3. The van der Waals surface area contributed by atoms with Crippen molar-refractivity contribution >= 4 is 34.1 Å². The zero-order valence-electron chi connectivity index (χ0n) is 19.3. The maximum atomic E-state index is 12.7. The average Bonchev–Trinajstić information content (AvgIpc) is 3.22. The Morgan fingerprint density at radius 1 is 1.06 bits per heavy atom. The summed E-state index contributed by atoms with van der Waals surface area (Å²) >= 11 is 1.38. The molecule has 1 aromatic heterocycles. The fourth-order valence-corrected chi connectivity index (χ4v) is 4.57. The molecule has 0 aliphatic heterocycles. The van der Waals surface area contributed by atoms with Crippen LogP contribution < -0.4 is 10.1 Å². The van der Waals surface area contributed by atoms with Crippen LogP contribution in [0.5, 0.6) is 5.75 Å². The lowest BCUT2D eigenvalue weighted by atomic mass is 10.1. The van der Waals surface area contributed by atoms with Gasteiger partial charge in [-0.25, -0.2) is 0 Å². The second-order valence-electron chi connectivity index (χ2n) is 8.28. The number of nitrogens with one attached hydrogen (secondary N) is 1. The van der Waals surface area contributed by atoms with Crippen molar-refractivity contribution in [2.75, 3.05) is 11.1 Å². The van der Waals surface area contributed by atoms with E-state index in [1.54, 1.807) is 0 Å². The van der Waals surface area contributed by atoms with Crippen molar-refractivity contribution < 1.29 is 9.53 Å². The number of thioether (sulfide) groups is 1. The van der Waals surface area contributed by atoms with E-state index in [-0.39, 0.29) is 17.7 Å².